The van der Waals surface area contributed by atoms with Crippen LogP contribution in [0.5, 0.6) is 0 Å². The molecular weight excluding hydrogens is 374 g/mol. The van der Waals surface area contributed by atoms with E-state index in [-0.39, 0.29) is 21.4 Å². The fourth-order valence-corrected chi connectivity index (χ4v) is 25.6. The van der Waals surface area contributed by atoms with Gasteiger partial charge in [0.25, 0.3) is 0 Å². The van der Waals surface area contributed by atoms with Crippen LogP contribution < -0.4 is 5.73 Å². The molecule has 1 saturated heterocycles. The summed E-state index contributed by atoms with van der Waals surface area (Å²) in [6.07, 6.45) is 6.74. The summed E-state index contributed by atoms with van der Waals surface area (Å²) in [4.78, 5) is 13.2. The van der Waals surface area contributed by atoms with E-state index in [4.69, 9.17) is 5.73 Å². The Bertz CT molecular complexity index is 921. The van der Waals surface area contributed by atoms with Crippen LogP contribution in [0, 0.1) is 0 Å². The van der Waals surface area contributed by atoms with E-state index >= 15 is 0 Å². The van der Waals surface area contributed by atoms with Crippen molar-refractivity contribution in [3.8, 4) is 0 Å². The highest BCUT2D eigenvalue weighted by Crippen LogP contribution is 2.78. The van der Waals surface area contributed by atoms with E-state index in [0.29, 0.717) is 0 Å². The van der Waals surface area contributed by atoms with Crippen molar-refractivity contribution in [2.75, 3.05) is 0 Å². The molecule has 0 aromatic heterocycles. The molecule has 2 N–H and O–H groups in total. The molecule has 2 nitrogen and oxygen atoms in total. The molecule has 0 bridgehead atoms. The Morgan fingerprint density at radius 1 is 1.07 bits per heavy atom. The number of hydrogen-bond acceptors (Lipinski definition) is 1. The second-order valence-electron chi connectivity index (χ2n) is 11.8. The molecule has 2 fully saturated rings. The van der Waals surface area contributed by atoms with E-state index in [2.05, 4.69) is 72.1 Å². The fourth-order valence-electron chi connectivity index (χ4n) is 7.51. The van der Waals surface area contributed by atoms with Crippen LogP contribution in [0.2, 0.25) is 31.2 Å². The molecule has 4 heteroatoms. The number of fused-ring (bicyclic) bond motifs is 2. The maximum absolute atomic E-state index is 13.2. The van der Waals surface area contributed by atoms with E-state index in [1.807, 2.05) is 0 Å². The monoisotopic (exact) mass is 411 g/mol. The van der Waals surface area contributed by atoms with E-state index in [9.17, 15) is 4.79 Å². The van der Waals surface area contributed by atoms with Crippen LogP contribution in [-0.2, 0) is 21.7 Å². The quantitative estimate of drug-likeness (QED) is 0.629. The zero-order chi connectivity index (χ0) is 20.9. The number of hydrogen-bond donors (Lipinski definition) is 1. The molecule has 2 atom stereocenters. The first-order valence-corrected chi connectivity index (χ1v) is 17.9. The zero-order valence-corrected chi connectivity index (χ0v) is 21.0. The molecule has 152 valence electrons. The van der Waals surface area contributed by atoms with Crippen LogP contribution in [0.1, 0.15) is 69.2 Å². The number of rotatable bonds is 2. The Kier molecular flexibility index (Phi) is 3.97. The molecular formula is C24H37NOSi2. The Labute approximate surface area is 172 Å². The average Bonchev–Trinajstić information content (AvgIpc) is 3.12. The van der Waals surface area contributed by atoms with Gasteiger partial charge in [0, 0.05) is 5.04 Å². The lowest BCUT2D eigenvalue weighted by Crippen LogP contribution is -2.89. The van der Waals surface area contributed by atoms with Crippen LogP contribution in [0.25, 0.3) is 6.08 Å². The van der Waals surface area contributed by atoms with Crippen LogP contribution in [-0.4, -0.2) is 21.1 Å². The second kappa shape index (κ2) is 5.51. The maximum Gasteiger partial charge on any atom is 0.221 e. The first kappa shape index (κ1) is 20.1. The zero-order valence-electron chi connectivity index (χ0n) is 19.0. The third-order valence-corrected chi connectivity index (χ3v) is 30.9. The molecule has 1 aromatic carbocycles. The van der Waals surface area contributed by atoms with Gasteiger partial charge in [-0.05, 0) is 58.9 Å². The number of primary amides is 1. The number of allylic oxidation sites excluding steroid dienone is 1. The highest BCUT2D eigenvalue weighted by atomic mass is 29.3. The van der Waals surface area contributed by atoms with Crippen LogP contribution in [0.15, 0.2) is 17.7 Å². The molecule has 0 spiro atoms. The Morgan fingerprint density at radius 3 is 2.29 bits per heavy atom. The fraction of sp³-hybridized carbons (Fsp3) is 0.625. The second-order valence-corrected chi connectivity index (χ2v) is 27.5. The molecule has 2 aliphatic carbocycles. The van der Waals surface area contributed by atoms with Crippen molar-refractivity contribution in [1.82, 2.24) is 0 Å². The number of benzene rings is 1. The summed E-state index contributed by atoms with van der Waals surface area (Å²) in [5.41, 5.74) is 13.7. The molecule has 4 rings (SSSR count). The van der Waals surface area contributed by atoms with Gasteiger partial charge in [-0.3, -0.25) is 4.79 Å². The van der Waals surface area contributed by atoms with Crippen molar-refractivity contribution >= 4 is 27.2 Å². The smallest absolute Gasteiger partial charge is 0.221 e. The lowest BCUT2D eigenvalue weighted by molar-refractivity contribution is -0.122. The van der Waals surface area contributed by atoms with Gasteiger partial charge in [-0.1, -0.05) is 77.2 Å². The van der Waals surface area contributed by atoms with Gasteiger partial charge in [0.05, 0.1) is 15.2 Å². The summed E-state index contributed by atoms with van der Waals surface area (Å²) in [5, 5.41) is -0.220. The summed E-state index contributed by atoms with van der Waals surface area (Å²) in [6.45, 7) is 19.3. The summed E-state index contributed by atoms with van der Waals surface area (Å²) in [7, 11) is -3.41. The highest BCUT2D eigenvalue weighted by Gasteiger charge is 2.85. The minimum atomic E-state index is -1.74. The van der Waals surface area contributed by atoms with Gasteiger partial charge < -0.3 is 5.73 Å². The van der Waals surface area contributed by atoms with E-state index in [1.54, 1.807) is 0 Å². The van der Waals surface area contributed by atoms with Crippen LogP contribution in [0.3, 0.4) is 0 Å². The normalized spacial score (nSPS) is 32.4. The molecule has 1 aromatic rings. The standard InChI is InChI=1S/C24H37NOSi2/c1-16-12-17-14-18(22(2,3)4)15-20(19(17)13-16)23-10-9-11-24(23,21(25)26)28(7,8)27(23,5)6/h12,14-15H,9-11,13H2,1-8H3,(H2,25,26). The lowest BCUT2D eigenvalue weighted by atomic mass is 9.77. The van der Waals surface area contributed by atoms with Gasteiger partial charge in [-0.25, -0.2) is 0 Å². The first-order chi connectivity index (χ1) is 12.7. The molecule has 1 aliphatic heterocycles. The predicted octanol–water partition coefficient (Wildman–Crippen LogP) is 5.64. The number of amides is 1. The largest absolute Gasteiger partial charge is 0.369 e. The van der Waals surface area contributed by atoms with Crippen molar-refractivity contribution in [3.63, 3.8) is 0 Å². The van der Waals surface area contributed by atoms with Crippen molar-refractivity contribution in [1.29, 1.82) is 0 Å². The summed E-state index contributed by atoms with van der Waals surface area (Å²) in [6, 6.07) is 4.91. The van der Waals surface area contributed by atoms with Gasteiger partial charge in [-0.2, -0.15) is 0 Å². The molecule has 2 unspecified atom stereocenters. The van der Waals surface area contributed by atoms with Crippen molar-refractivity contribution in [3.05, 3.63) is 40.0 Å². The summed E-state index contributed by atoms with van der Waals surface area (Å²) >= 11 is 0. The van der Waals surface area contributed by atoms with E-state index in [1.165, 1.54) is 27.8 Å². The molecule has 1 saturated carbocycles. The SMILES string of the molecule is CC1=Cc2cc(C(C)(C)C)cc(C34CCCC3(C(N)=O)[Si](C)(C)[Si]4(C)C)c2C1. The van der Waals surface area contributed by atoms with Crippen molar-refractivity contribution in [2.24, 2.45) is 5.73 Å². The van der Waals surface area contributed by atoms with Gasteiger partial charge in [-0.15, -0.1) is 0 Å². The van der Waals surface area contributed by atoms with Crippen LogP contribution in [0.4, 0.5) is 0 Å². The Balaban J connectivity index is 2.07. The Hall–Kier alpha value is -1.14. The maximum atomic E-state index is 13.2. The van der Waals surface area contributed by atoms with Crippen molar-refractivity contribution < 1.29 is 4.79 Å². The van der Waals surface area contributed by atoms with E-state index in [0.717, 1.165) is 25.7 Å². The lowest BCUT2D eigenvalue weighted by Gasteiger charge is -2.75. The van der Waals surface area contributed by atoms with Gasteiger partial charge in [0.2, 0.25) is 5.91 Å². The predicted molar refractivity (Wildman–Crippen MR) is 125 cm³/mol. The molecule has 1 amide bonds. The molecule has 1 heterocycles. The molecule has 0 radical (unpaired) electrons. The third kappa shape index (κ3) is 1.97. The van der Waals surface area contributed by atoms with Gasteiger partial charge >= 0.3 is 0 Å². The highest BCUT2D eigenvalue weighted by molar-refractivity contribution is 7.48. The van der Waals surface area contributed by atoms with Crippen molar-refractivity contribution in [2.45, 2.75) is 95.1 Å². The topological polar surface area (TPSA) is 43.1 Å². The minimum absolute atomic E-state index is 0.00563. The number of carbonyl (C=O) groups is 1. The van der Waals surface area contributed by atoms with Gasteiger partial charge in [0.1, 0.15) is 0 Å². The van der Waals surface area contributed by atoms with E-state index < -0.39 is 15.2 Å². The molecule has 28 heavy (non-hydrogen) atoms. The average molecular weight is 412 g/mol. The number of carbonyl (C=O) groups excluding carboxylic acids is 1. The Morgan fingerprint density at radius 2 is 1.71 bits per heavy atom. The minimum Gasteiger partial charge on any atom is -0.369 e. The summed E-state index contributed by atoms with van der Waals surface area (Å²) in [5.74, 6) is 0.00563. The van der Waals surface area contributed by atoms with Gasteiger partial charge in [0.15, 0.2) is 0 Å². The van der Waals surface area contributed by atoms with Crippen LogP contribution >= 0.6 is 0 Å². The number of nitrogens with two attached hydrogens (primary N) is 1. The summed E-state index contributed by atoms with van der Waals surface area (Å²) < 4.78 is 0. The molecule has 3 aliphatic rings. The first-order valence-electron chi connectivity index (χ1n) is 10.9. The third-order valence-electron chi connectivity index (χ3n) is 9.42.